The molecule has 0 atom stereocenters. The molecule has 102 valence electrons. The Morgan fingerprint density at radius 2 is 1.83 bits per heavy atom. The molecule has 7 nitrogen and oxygen atoms in total. The van der Waals surface area contributed by atoms with Crippen molar-refractivity contribution in [3.05, 3.63) is 20.8 Å². The van der Waals surface area contributed by atoms with Gasteiger partial charge in [0, 0.05) is 27.2 Å². The van der Waals surface area contributed by atoms with Crippen LogP contribution in [0.1, 0.15) is 13.8 Å². The first kappa shape index (κ1) is 14.4. The van der Waals surface area contributed by atoms with E-state index in [1.807, 2.05) is 0 Å². The molecule has 0 radical (unpaired) electrons. The summed E-state index contributed by atoms with van der Waals surface area (Å²) in [6.07, 6.45) is 0. The van der Waals surface area contributed by atoms with Crippen molar-refractivity contribution >= 4 is 5.82 Å². The Balaban J connectivity index is 2.75. The van der Waals surface area contributed by atoms with E-state index in [9.17, 15) is 9.59 Å². The van der Waals surface area contributed by atoms with Gasteiger partial charge < -0.3 is 10.2 Å². The molecule has 1 aromatic rings. The molecule has 1 heterocycles. The predicted molar refractivity (Wildman–Crippen MR) is 71.0 cm³/mol. The van der Waals surface area contributed by atoms with Crippen LogP contribution in [-0.2, 0) is 14.1 Å². The number of rotatable bonds is 6. The molecular formula is C11H21N5O2. The number of likely N-dealkylation sites (N-methyl/N-ethyl adjacent to an activating group) is 1. The van der Waals surface area contributed by atoms with Crippen molar-refractivity contribution in [2.24, 2.45) is 14.1 Å². The summed E-state index contributed by atoms with van der Waals surface area (Å²) >= 11 is 0. The third kappa shape index (κ3) is 3.19. The molecule has 0 aliphatic heterocycles. The Bertz CT molecular complexity index is 501. The molecule has 18 heavy (non-hydrogen) atoms. The lowest BCUT2D eigenvalue weighted by Crippen LogP contribution is -2.40. The van der Waals surface area contributed by atoms with E-state index in [0.717, 1.165) is 28.9 Å². The molecule has 1 aromatic heterocycles. The fourth-order valence-electron chi connectivity index (χ4n) is 1.68. The maximum Gasteiger partial charge on any atom is 0.346 e. The number of nitrogens with zero attached hydrogens (tertiary/aromatic N) is 4. The third-order valence-electron chi connectivity index (χ3n) is 2.94. The first-order valence-electron chi connectivity index (χ1n) is 6.11. The van der Waals surface area contributed by atoms with Crippen molar-refractivity contribution in [3.8, 4) is 0 Å². The van der Waals surface area contributed by atoms with Crippen molar-refractivity contribution in [1.29, 1.82) is 0 Å². The van der Waals surface area contributed by atoms with Crippen molar-refractivity contribution in [2.45, 2.75) is 13.8 Å². The number of hydrogen-bond acceptors (Lipinski definition) is 5. The number of aryl methyl sites for hydroxylation is 1. The van der Waals surface area contributed by atoms with E-state index >= 15 is 0 Å². The summed E-state index contributed by atoms with van der Waals surface area (Å²) in [5.41, 5.74) is -0.813. The van der Waals surface area contributed by atoms with Gasteiger partial charge in [-0.2, -0.15) is 0 Å². The zero-order valence-corrected chi connectivity index (χ0v) is 11.4. The van der Waals surface area contributed by atoms with Gasteiger partial charge >= 0.3 is 5.69 Å². The van der Waals surface area contributed by atoms with Crippen LogP contribution in [0, 0.1) is 0 Å². The fraction of sp³-hybridized carbons (Fsp3) is 0.727. The number of aromatic nitrogens is 3. The standard InChI is InChI=1S/C11H21N5O2/c1-5-16(6-2)8-7-12-9-10(17)14(3)11(18)15(4)13-9/h5-8H2,1-4H3,(H,12,13). The molecule has 0 saturated heterocycles. The molecule has 0 aliphatic carbocycles. The van der Waals surface area contributed by atoms with Crippen LogP contribution in [0.15, 0.2) is 9.59 Å². The Labute approximate surface area is 106 Å². The summed E-state index contributed by atoms with van der Waals surface area (Å²) in [7, 11) is 2.97. The number of hydrogen-bond donors (Lipinski definition) is 1. The third-order valence-corrected chi connectivity index (χ3v) is 2.94. The van der Waals surface area contributed by atoms with Gasteiger partial charge in [-0.1, -0.05) is 13.8 Å². The van der Waals surface area contributed by atoms with Gasteiger partial charge in [0.15, 0.2) is 0 Å². The van der Waals surface area contributed by atoms with Gasteiger partial charge in [0.2, 0.25) is 5.82 Å². The normalized spacial score (nSPS) is 10.9. The summed E-state index contributed by atoms with van der Waals surface area (Å²) in [5, 5.41) is 6.90. The summed E-state index contributed by atoms with van der Waals surface area (Å²) in [6.45, 7) is 7.58. The Kier molecular flexibility index (Phi) is 5.08. The molecular weight excluding hydrogens is 234 g/mol. The van der Waals surface area contributed by atoms with Crippen LogP contribution in [-0.4, -0.2) is 45.4 Å². The Morgan fingerprint density at radius 1 is 1.22 bits per heavy atom. The van der Waals surface area contributed by atoms with Crippen molar-refractivity contribution in [2.75, 3.05) is 31.5 Å². The van der Waals surface area contributed by atoms with Crippen LogP contribution >= 0.6 is 0 Å². The van der Waals surface area contributed by atoms with Crippen LogP contribution in [0.3, 0.4) is 0 Å². The molecule has 0 unspecified atom stereocenters. The quantitative estimate of drug-likeness (QED) is 0.723. The summed E-state index contributed by atoms with van der Waals surface area (Å²) in [6, 6.07) is 0. The van der Waals surface area contributed by atoms with E-state index in [-0.39, 0.29) is 5.82 Å². The van der Waals surface area contributed by atoms with E-state index < -0.39 is 11.2 Å². The molecule has 0 fully saturated rings. The number of nitrogens with one attached hydrogen (secondary N) is 1. The van der Waals surface area contributed by atoms with Crippen molar-refractivity contribution in [3.63, 3.8) is 0 Å². The van der Waals surface area contributed by atoms with E-state index in [0.29, 0.717) is 6.54 Å². The second kappa shape index (κ2) is 6.34. The van der Waals surface area contributed by atoms with Gasteiger partial charge in [0.1, 0.15) is 0 Å². The summed E-state index contributed by atoms with van der Waals surface area (Å²) < 4.78 is 2.20. The lowest BCUT2D eigenvalue weighted by Gasteiger charge is -2.18. The van der Waals surface area contributed by atoms with Gasteiger partial charge in [0.25, 0.3) is 5.56 Å². The zero-order chi connectivity index (χ0) is 13.7. The van der Waals surface area contributed by atoms with Crippen LogP contribution in [0.5, 0.6) is 0 Å². The predicted octanol–water partition coefficient (Wildman–Crippen LogP) is -0.767. The maximum absolute atomic E-state index is 11.8. The highest BCUT2D eigenvalue weighted by Crippen LogP contribution is 1.90. The largest absolute Gasteiger partial charge is 0.363 e. The first-order chi connectivity index (χ1) is 8.51. The Morgan fingerprint density at radius 3 is 2.39 bits per heavy atom. The van der Waals surface area contributed by atoms with Crippen LogP contribution in [0.2, 0.25) is 0 Å². The van der Waals surface area contributed by atoms with Crippen LogP contribution < -0.4 is 16.6 Å². The monoisotopic (exact) mass is 255 g/mol. The summed E-state index contributed by atoms with van der Waals surface area (Å²) in [5.74, 6) is 0.215. The lowest BCUT2D eigenvalue weighted by atomic mass is 10.4. The van der Waals surface area contributed by atoms with E-state index in [4.69, 9.17) is 0 Å². The molecule has 0 aromatic carbocycles. The lowest BCUT2D eigenvalue weighted by molar-refractivity contribution is 0.315. The minimum Gasteiger partial charge on any atom is -0.363 e. The molecule has 1 N–H and O–H groups in total. The highest BCUT2D eigenvalue weighted by Gasteiger charge is 2.08. The minimum absolute atomic E-state index is 0.215. The molecule has 0 aliphatic rings. The highest BCUT2D eigenvalue weighted by atomic mass is 16.2. The number of anilines is 1. The molecule has 0 bridgehead atoms. The van der Waals surface area contributed by atoms with E-state index in [2.05, 4.69) is 29.2 Å². The summed E-state index contributed by atoms with van der Waals surface area (Å²) in [4.78, 5) is 25.4. The van der Waals surface area contributed by atoms with Crippen molar-refractivity contribution in [1.82, 2.24) is 19.2 Å². The van der Waals surface area contributed by atoms with E-state index in [1.165, 1.54) is 14.1 Å². The average molecular weight is 255 g/mol. The second-order valence-electron chi connectivity index (χ2n) is 4.07. The van der Waals surface area contributed by atoms with Crippen LogP contribution in [0.25, 0.3) is 0 Å². The second-order valence-corrected chi connectivity index (χ2v) is 4.07. The topological polar surface area (TPSA) is 72.2 Å². The smallest absolute Gasteiger partial charge is 0.346 e. The van der Waals surface area contributed by atoms with Gasteiger partial charge in [-0.15, -0.1) is 5.10 Å². The fourth-order valence-corrected chi connectivity index (χ4v) is 1.68. The zero-order valence-electron chi connectivity index (χ0n) is 11.4. The van der Waals surface area contributed by atoms with E-state index in [1.54, 1.807) is 0 Å². The maximum atomic E-state index is 11.8. The molecule has 1 rings (SSSR count). The first-order valence-corrected chi connectivity index (χ1v) is 6.11. The molecule has 7 heteroatoms. The van der Waals surface area contributed by atoms with Gasteiger partial charge in [0.05, 0.1) is 0 Å². The van der Waals surface area contributed by atoms with Crippen LogP contribution in [0.4, 0.5) is 5.82 Å². The van der Waals surface area contributed by atoms with Crippen molar-refractivity contribution < 1.29 is 0 Å². The molecule has 0 amide bonds. The van der Waals surface area contributed by atoms with Gasteiger partial charge in [-0.3, -0.25) is 9.36 Å². The SMILES string of the molecule is CCN(CC)CCNc1nn(C)c(=O)n(C)c1=O. The van der Waals surface area contributed by atoms with Gasteiger partial charge in [-0.25, -0.2) is 9.48 Å². The average Bonchev–Trinajstić information content (AvgIpc) is 2.38. The minimum atomic E-state index is -0.422. The molecule has 0 spiro atoms. The molecule has 0 saturated carbocycles. The Hall–Kier alpha value is -1.63. The highest BCUT2D eigenvalue weighted by molar-refractivity contribution is 5.29. The van der Waals surface area contributed by atoms with Gasteiger partial charge in [-0.05, 0) is 13.1 Å².